The van der Waals surface area contributed by atoms with Gasteiger partial charge in [-0.25, -0.2) is 0 Å². The zero-order valence-corrected chi connectivity index (χ0v) is 9.71. The predicted octanol–water partition coefficient (Wildman–Crippen LogP) is 2.45. The second-order valence-electron chi connectivity index (χ2n) is 3.53. The maximum absolute atomic E-state index is 10.2. The molecule has 0 atom stereocenters. The number of hydrogen-bond donors (Lipinski definition) is 2. The van der Waals surface area contributed by atoms with Gasteiger partial charge in [-0.05, 0) is 30.3 Å². The maximum atomic E-state index is 10.2. The SMILES string of the molecule is O=c1cccc[nH]1.c1ccc(-c2ccc[nH]2)nc1. The van der Waals surface area contributed by atoms with Crippen molar-refractivity contribution in [3.05, 3.63) is 77.5 Å². The summed E-state index contributed by atoms with van der Waals surface area (Å²) >= 11 is 0. The lowest BCUT2D eigenvalue weighted by Gasteiger charge is -1.93. The number of nitrogens with zero attached hydrogens (tertiary/aromatic N) is 1. The van der Waals surface area contributed by atoms with Crippen molar-refractivity contribution in [2.24, 2.45) is 0 Å². The van der Waals surface area contributed by atoms with Crippen LogP contribution in [0.2, 0.25) is 0 Å². The lowest BCUT2D eigenvalue weighted by atomic mass is 10.3. The molecule has 2 N–H and O–H groups in total. The molecule has 0 bridgehead atoms. The molecule has 3 heterocycles. The zero-order chi connectivity index (χ0) is 12.6. The Labute approximate surface area is 104 Å². The number of rotatable bonds is 1. The molecule has 0 saturated carbocycles. The summed E-state index contributed by atoms with van der Waals surface area (Å²) < 4.78 is 0. The van der Waals surface area contributed by atoms with E-state index in [0.717, 1.165) is 11.4 Å². The average molecular weight is 239 g/mol. The Morgan fingerprint density at radius 1 is 0.833 bits per heavy atom. The molecule has 18 heavy (non-hydrogen) atoms. The van der Waals surface area contributed by atoms with E-state index in [2.05, 4.69) is 15.0 Å². The van der Waals surface area contributed by atoms with E-state index in [9.17, 15) is 4.79 Å². The lowest BCUT2D eigenvalue weighted by Crippen LogP contribution is -1.98. The van der Waals surface area contributed by atoms with Crippen LogP contribution in [0.25, 0.3) is 11.4 Å². The minimum Gasteiger partial charge on any atom is -0.360 e. The van der Waals surface area contributed by atoms with Gasteiger partial charge in [0.2, 0.25) is 5.56 Å². The number of hydrogen-bond acceptors (Lipinski definition) is 2. The molecular weight excluding hydrogens is 226 g/mol. The molecule has 0 unspecified atom stereocenters. The van der Waals surface area contributed by atoms with Gasteiger partial charge in [0.1, 0.15) is 0 Å². The van der Waals surface area contributed by atoms with Crippen molar-refractivity contribution in [2.75, 3.05) is 0 Å². The van der Waals surface area contributed by atoms with Gasteiger partial charge < -0.3 is 9.97 Å². The molecular formula is C14H13N3O. The van der Waals surface area contributed by atoms with Crippen LogP contribution in [0.15, 0.2) is 71.9 Å². The van der Waals surface area contributed by atoms with Crippen LogP contribution in [0.4, 0.5) is 0 Å². The third-order valence-corrected chi connectivity index (χ3v) is 2.22. The fourth-order valence-electron chi connectivity index (χ4n) is 1.39. The molecule has 0 aliphatic rings. The molecule has 0 amide bonds. The Balaban J connectivity index is 0.000000149. The van der Waals surface area contributed by atoms with E-state index < -0.39 is 0 Å². The molecule has 0 aromatic carbocycles. The van der Waals surface area contributed by atoms with Crippen LogP contribution < -0.4 is 5.56 Å². The molecule has 3 aromatic rings. The molecule has 4 heteroatoms. The third-order valence-electron chi connectivity index (χ3n) is 2.22. The van der Waals surface area contributed by atoms with E-state index in [-0.39, 0.29) is 5.56 Å². The first-order valence-electron chi connectivity index (χ1n) is 5.55. The lowest BCUT2D eigenvalue weighted by molar-refractivity contribution is 1.24. The van der Waals surface area contributed by atoms with Gasteiger partial charge in [0.15, 0.2) is 0 Å². The number of aromatic amines is 2. The Kier molecular flexibility index (Phi) is 4.08. The van der Waals surface area contributed by atoms with Crippen molar-refractivity contribution < 1.29 is 0 Å². The first-order valence-corrected chi connectivity index (χ1v) is 5.55. The van der Waals surface area contributed by atoms with Gasteiger partial charge in [-0.3, -0.25) is 9.78 Å². The van der Waals surface area contributed by atoms with Gasteiger partial charge in [-0.1, -0.05) is 12.1 Å². The monoisotopic (exact) mass is 239 g/mol. The number of nitrogens with one attached hydrogen (secondary N) is 2. The standard InChI is InChI=1S/C9H8N2.C5H5NO/c1-2-6-10-8(4-1)9-5-3-7-11-9;7-5-3-1-2-4-6-5/h1-7,11H;1-4H,(H,6,7). The Morgan fingerprint density at radius 3 is 2.17 bits per heavy atom. The van der Waals surface area contributed by atoms with Crippen LogP contribution in [-0.4, -0.2) is 15.0 Å². The second-order valence-corrected chi connectivity index (χ2v) is 3.53. The highest BCUT2D eigenvalue weighted by atomic mass is 16.1. The Hall–Kier alpha value is -2.62. The summed E-state index contributed by atoms with van der Waals surface area (Å²) in [6.07, 6.45) is 5.28. The van der Waals surface area contributed by atoms with Crippen LogP contribution in [-0.2, 0) is 0 Å². The summed E-state index contributed by atoms with van der Waals surface area (Å²) in [6, 6.07) is 14.8. The Morgan fingerprint density at radius 2 is 1.67 bits per heavy atom. The molecule has 0 saturated heterocycles. The van der Waals surface area contributed by atoms with Crippen molar-refractivity contribution in [3.8, 4) is 11.4 Å². The molecule has 0 radical (unpaired) electrons. The van der Waals surface area contributed by atoms with E-state index >= 15 is 0 Å². The highest BCUT2D eigenvalue weighted by Crippen LogP contribution is 2.11. The predicted molar refractivity (Wildman–Crippen MR) is 71.1 cm³/mol. The molecule has 3 aromatic heterocycles. The number of H-pyrrole nitrogens is 2. The van der Waals surface area contributed by atoms with Crippen LogP contribution >= 0.6 is 0 Å². The number of aromatic nitrogens is 3. The second kappa shape index (κ2) is 6.20. The third kappa shape index (κ3) is 3.45. The van der Waals surface area contributed by atoms with Gasteiger partial charge in [-0.15, -0.1) is 0 Å². The molecule has 90 valence electrons. The highest BCUT2D eigenvalue weighted by Gasteiger charge is 1.94. The maximum Gasteiger partial charge on any atom is 0.247 e. The van der Waals surface area contributed by atoms with Crippen molar-refractivity contribution in [3.63, 3.8) is 0 Å². The van der Waals surface area contributed by atoms with Gasteiger partial charge in [0.05, 0.1) is 11.4 Å². The van der Waals surface area contributed by atoms with Gasteiger partial charge in [0, 0.05) is 24.7 Å². The fraction of sp³-hybridized carbons (Fsp3) is 0. The quantitative estimate of drug-likeness (QED) is 0.685. The van der Waals surface area contributed by atoms with Crippen molar-refractivity contribution in [2.45, 2.75) is 0 Å². The summed E-state index contributed by atoms with van der Waals surface area (Å²) in [5.74, 6) is 0. The molecule has 4 nitrogen and oxygen atoms in total. The minimum absolute atomic E-state index is 0.0532. The van der Waals surface area contributed by atoms with E-state index in [1.54, 1.807) is 24.5 Å². The molecule has 0 aliphatic carbocycles. The van der Waals surface area contributed by atoms with Crippen LogP contribution in [0.5, 0.6) is 0 Å². The summed E-state index contributed by atoms with van der Waals surface area (Å²) in [7, 11) is 0. The van der Waals surface area contributed by atoms with Gasteiger partial charge in [-0.2, -0.15) is 0 Å². The largest absolute Gasteiger partial charge is 0.360 e. The molecule has 0 spiro atoms. The van der Waals surface area contributed by atoms with Crippen LogP contribution in [0.3, 0.4) is 0 Å². The summed E-state index contributed by atoms with van der Waals surface area (Å²) in [4.78, 5) is 20.0. The normalized spacial score (nSPS) is 9.33. The summed E-state index contributed by atoms with van der Waals surface area (Å²) in [5.41, 5.74) is 1.99. The van der Waals surface area contributed by atoms with Crippen molar-refractivity contribution >= 4 is 0 Å². The Bertz CT molecular complexity index is 597. The zero-order valence-electron chi connectivity index (χ0n) is 9.71. The van der Waals surface area contributed by atoms with Crippen LogP contribution in [0.1, 0.15) is 0 Å². The van der Waals surface area contributed by atoms with E-state index in [0.29, 0.717) is 0 Å². The summed E-state index contributed by atoms with van der Waals surface area (Å²) in [5, 5.41) is 0. The average Bonchev–Trinajstić information content (AvgIpc) is 2.95. The van der Waals surface area contributed by atoms with E-state index in [1.165, 1.54) is 6.07 Å². The van der Waals surface area contributed by atoms with E-state index in [4.69, 9.17) is 0 Å². The van der Waals surface area contributed by atoms with Crippen LogP contribution in [0, 0.1) is 0 Å². The van der Waals surface area contributed by atoms with Gasteiger partial charge >= 0.3 is 0 Å². The minimum atomic E-state index is -0.0532. The summed E-state index contributed by atoms with van der Waals surface area (Å²) in [6.45, 7) is 0. The van der Waals surface area contributed by atoms with Gasteiger partial charge in [0.25, 0.3) is 0 Å². The fourth-order valence-corrected chi connectivity index (χ4v) is 1.39. The highest BCUT2D eigenvalue weighted by molar-refractivity contribution is 5.53. The first kappa shape index (κ1) is 11.9. The smallest absolute Gasteiger partial charge is 0.247 e. The topological polar surface area (TPSA) is 61.5 Å². The van der Waals surface area contributed by atoms with Crippen molar-refractivity contribution in [1.29, 1.82) is 0 Å². The number of pyridine rings is 2. The van der Waals surface area contributed by atoms with E-state index in [1.807, 2.05) is 36.5 Å². The first-order chi connectivity index (χ1) is 8.86. The molecule has 3 rings (SSSR count). The molecule has 0 aliphatic heterocycles. The van der Waals surface area contributed by atoms with Crippen molar-refractivity contribution in [1.82, 2.24) is 15.0 Å². The molecule has 0 fully saturated rings.